The highest BCUT2D eigenvalue weighted by Gasteiger charge is 2.23. The third-order valence-corrected chi connectivity index (χ3v) is 7.61. The highest BCUT2D eigenvalue weighted by atomic mass is 16.5. The molecule has 7 nitrogen and oxygen atoms in total. The first-order chi connectivity index (χ1) is 21.0. The smallest absolute Gasteiger partial charge is 0.245 e. The van der Waals surface area contributed by atoms with Gasteiger partial charge >= 0.3 is 0 Å². The molecule has 7 aromatic rings. The van der Waals surface area contributed by atoms with Crippen molar-refractivity contribution in [2.24, 2.45) is 0 Å². The van der Waals surface area contributed by atoms with E-state index in [2.05, 4.69) is 78.0 Å². The SMILES string of the molecule is COc1nn(-c2cccc(Oc3ccc4c5ccccc5n(-c5cc(C)ccn5)c4c3)c2)c(OC)c1-c1ccc(C)cc1. The van der Waals surface area contributed by atoms with Gasteiger partial charge in [-0.1, -0.05) is 54.1 Å². The Morgan fingerprint density at radius 1 is 0.651 bits per heavy atom. The lowest BCUT2D eigenvalue weighted by atomic mass is 10.1. The molecule has 3 aromatic heterocycles. The highest BCUT2D eigenvalue weighted by molar-refractivity contribution is 6.09. The zero-order valence-corrected chi connectivity index (χ0v) is 24.4. The fraction of sp³-hybridized carbons (Fsp3) is 0.111. The van der Waals surface area contributed by atoms with Gasteiger partial charge in [0, 0.05) is 29.1 Å². The number of aromatic nitrogens is 4. The summed E-state index contributed by atoms with van der Waals surface area (Å²) in [5.74, 6) is 3.31. The number of para-hydroxylation sites is 1. The van der Waals surface area contributed by atoms with Crippen LogP contribution in [0.15, 0.2) is 109 Å². The van der Waals surface area contributed by atoms with Gasteiger partial charge in [0.1, 0.15) is 22.9 Å². The number of aryl methyl sites for hydroxylation is 2. The largest absolute Gasteiger partial charge is 0.480 e. The molecule has 0 N–H and O–H groups in total. The van der Waals surface area contributed by atoms with Gasteiger partial charge in [0.25, 0.3) is 0 Å². The minimum Gasteiger partial charge on any atom is -0.480 e. The summed E-state index contributed by atoms with van der Waals surface area (Å²) in [6, 6.07) is 34.7. The van der Waals surface area contributed by atoms with Gasteiger partial charge in [-0.3, -0.25) is 4.57 Å². The average molecular weight is 567 g/mol. The van der Waals surface area contributed by atoms with Crippen LogP contribution in [0.4, 0.5) is 0 Å². The van der Waals surface area contributed by atoms with Crippen molar-refractivity contribution in [3.05, 3.63) is 120 Å². The molecule has 212 valence electrons. The molecule has 7 heteroatoms. The fourth-order valence-corrected chi connectivity index (χ4v) is 5.58. The van der Waals surface area contributed by atoms with Gasteiger partial charge < -0.3 is 14.2 Å². The summed E-state index contributed by atoms with van der Waals surface area (Å²) >= 11 is 0. The van der Waals surface area contributed by atoms with Gasteiger partial charge in [-0.05, 0) is 67.4 Å². The lowest BCUT2D eigenvalue weighted by Crippen LogP contribution is -2.01. The van der Waals surface area contributed by atoms with E-state index in [0.717, 1.165) is 44.6 Å². The van der Waals surface area contributed by atoms with E-state index in [9.17, 15) is 0 Å². The highest BCUT2D eigenvalue weighted by Crippen LogP contribution is 2.41. The summed E-state index contributed by atoms with van der Waals surface area (Å²) in [5, 5.41) is 7.04. The first-order valence-corrected chi connectivity index (χ1v) is 14.1. The van der Waals surface area contributed by atoms with Gasteiger partial charge in [-0.2, -0.15) is 4.68 Å². The molecule has 0 radical (unpaired) electrons. The number of rotatable bonds is 7. The van der Waals surface area contributed by atoms with E-state index in [1.54, 1.807) is 18.9 Å². The Balaban J connectivity index is 1.29. The summed E-state index contributed by atoms with van der Waals surface area (Å²) < 4.78 is 21.9. The van der Waals surface area contributed by atoms with E-state index in [1.165, 1.54) is 10.9 Å². The number of fused-ring (bicyclic) bond motifs is 3. The molecule has 0 unspecified atom stereocenters. The average Bonchev–Trinajstić information content (AvgIpc) is 3.57. The molecular formula is C36H30N4O3. The number of pyridine rings is 1. The van der Waals surface area contributed by atoms with Crippen LogP contribution in [0.5, 0.6) is 23.3 Å². The number of ether oxygens (including phenoxy) is 3. The van der Waals surface area contributed by atoms with Crippen molar-refractivity contribution in [3.63, 3.8) is 0 Å². The van der Waals surface area contributed by atoms with Crippen LogP contribution >= 0.6 is 0 Å². The Hall–Kier alpha value is -5.56. The lowest BCUT2D eigenvalue weighted by molar-refractivity contribution is 0.382. The maximum atomic E-state index is 6.45. The molecule has 0 aliphatic rings. The van der Waals surface area contributed by atoms with Crippen molar-refractivity contribution in [1.29, 1.82) is 0 Å². The normalized spacial score (nSPS) is 11.3. The summed E-state index contributed by atoms with van der Waals surface area (Å²) in [5.41, 5.74) is 6.98. The van der Waals surface area contributed by atoms with Crippen LogP contribution in [-0.4, -0.2) is 33.6 Å². The summed E-state index contributed by atoms with van der Waals surface area (Å²) in [7, 11) is 3.26. The Bertz CT molecular complexity index is 2110. The Labute approximate surface area is 249 Å². The molecule has 0 fully saturated rings. The first kappa shape index (κ1) is 26.3. The zero-order valence-electron chi connectivity index (χ0n) is 24.4. The number of hydrogen-bond donors (Lipinski definition) is 0. The van der Waals surface area contributed by atoms with Crippen molar-refractivity contribution in [2.75, 3.05) is 14.2 Å². The topological polar surface area (TPSA) is 63.3 Å². The van der Waals surface area contributed by atoms with Crippen molar-refractivity contribution >= 4 is 21.8 Å². The van der Waals surface area contributed by atoms with Crippen LogP contribution in [0, 0.1) is 13.8 Å². The number of benzene rings is 4. The minimum absolute atomic E-state index is 0.482. The third-order valence-electron chi connectivity index (χ3n) is 7.61. The summed E-state index contributed by atoms with van der Waals surface area (Å²) in [4.78, 5) is 4.69. The minimum atomic E-state index is 0.482. The van der Waals surface area contributed by atoms with Crippen LogP contribution in [0.3, 0.4) is 0 Å². The van der Waals surface area contributed by atoms with Crippen LogP contribution in [0.25, 0.3) is 44.4 Å². The van der Waals surface area contributed by atoms with E-state index >= 15 is 0 Å². The maximum absolute atomic E-state index is 6.45. The fourth-order valence-electron chi connectivity index (χ4n) is 5.58. The molecule has 7 rings (SSSR count). The molecular weight excluding hydrogens is 536 g/mol. The third kappa shape index (κ3) is 4.65. The molecule has 0 saturated heterocycles. The molecule has 0 atom stereocenters. The Morgan fingerprint density at radius 2 is 1.44 bits per heavy atom. The predicted octanol–water partition coefficient (Wildman–Crippen LogP) is 8.46. The Kier molecular flexibility index (Phi) is 6.55. The van der Waals surface area contributed by atoms with E-state index < -0.39 is 0 Å². The predicted molar refractivity (Wildman–Crippen MR) is 170 cm³/mol. The van der Waals surface area contributed by atoms with Crippen molar-refractivity contribution < 1.29 is 14.2 Å². The second-order valence-corrected chi connectivity index (χ2v) is 10.5. The molecule has 0 aliphatic carbocycles. The summed E-state index contributed by atoms with van der Waals surface area (Å²) in [6.45, 7) is 4.14. The van der Waals surface area contributed by atoms with E-state index in [-0.39, 0.29) is 0 Å². The molecule has 43 heavy (non-hydrogen) atoms. The quantitative estimate of drug-likeness (QED) is 0.194. The van der Waals surface area contributed by atoms with Gasteiger partial charge in [-0.15, -0.1) is 5.10 Å². The van der Waals surface area contributed by atoms with E-state index in [1.807, 2.05) is 54.7 Å². The van der Waals surface area contributed by atoms with Crippen molar-refractivity contribution in [1.82, 2.24) is 19.3 Å². The number of hydrogen-bond acceptors (Lipinski definition) is 5. The number of methoxy groups -OCH3 is 2. The number of nitrogens with zero attached hydrogens (tertiary/aromatic N) is 4. The van der Waals surface area contributed by atoms with Crippen molar-refractivity contribution in [2.45, 2.75) is 13.8 Å². The van der Waals surface area contributed by atoms with Gasteiger partial charge in [0.05, 0.1) is 30.9 Å². The van der Waals surface area contributed by atoms with Crippen LogP contribution in [0.1, 0.15) is 11.1 Å². The second-order valence-electron chi connectivity index (χ2n) is 10.5. The maximum Gasteiger partial charge on any atom is 0.245 e. The lowest BCUT2D eigenvalue weighted by Gasteiger charge is -2.11. The monoisotopic (exact) mass is 566 g/mol. The molecule has 0 amide bonds. The molecule has 0 aliphatic heterocycles. The van der Waals surface area contributed by atoms with Gasteiger partial charge in [0.2, 0.25) is 11.8 Å². The second kappa shape index (κ2) is 10.7. The van der Waals surface area contributed by atoms with Crippen LogP contribution in [-0.2, 0) is 0 Å². The van der Waals surface area contributed by atoms with Crippen LogP contribution < -0.4 is 14.2 Å². The van der Waals surface area contributed by atoms with Gasteiger partial charge in [-0.25, -0.2) is 4.98 Å². The molecule has 0 bridgehead atoms. The van der Waals surface area contributed by atoms with E-state index in [0.29, 0.717) is 23.3 Å². The summed E-state index contributed by atoms with van der Waals surface area (Å²) in [6.07, 6.45) is 1.85. The van der Waals surface area contributed by atoms with Gasteiger partial charge in [0.15, 0.2) is 0 Å². The first-order valence-electron chi connectivity index (χ1n) is 14.1. The standard InChI is InChI=1S/C36H30N4O3/c1-23-12-14-25(15-13-23)34-35(41-3)38-40(36(34)42-4)26-8-7-9-27(21-26)43-28-16-17-30-29-10-5-6-11-31(29)39(32(30)22-28)33-20-24(2)18-19-37-33/h5-22H,1-4H3. The van der Waals surface area contributed by atoms with Crippen molar-refractivity contribution in [3.8, 4) is 45.9 Å². The van der Waals surface area contributed by atoms with E-state index in [4.69, 9.17) is 19.3 Å². The molecule has 4 aromatic carbocycles. The van der Waals surface area contributed by atoms with Crippen LogP contribution in [0.2, 0.25) is 0 Å². The Morgan fingerprint density at radius 3 is 2.23 bits per heavy atom. The molecule has 0 spiro atoms. The zero-order chi connectivity index (χ0) is 29.5. The molecule has 0 saturated carbocycles. The molecule has 3 heterocycles.